The summed E-state index contributed by atoms with van der Waals surface area (Å²) >= 11 is 0. The van der Waals surface area contributed by atoms with E-state index in [9.17, 15) is 4.79 Å². The summed E-state index contributed by atoms with van der Waals surface area (Å²) in [6, 6.07) is 0.613. The van der Waals surface area contributed by atoms with Crippen LogP contribution in [0.3, 0.4) is 0 Å². The number of likely N-dealkylation sites (N-methyl/N-ethyl adjacent to an activating group) is 1. The molecule has 0 bridgehead atoms. The van der Waals surface area contributed by atoms with E-state index in [1.807, 2.05) is 20.8 Å². The lowest BCUT2D eigenvalue weighted by molar-refractivity contribution is 0.0486. The summed E-state index contributed by atoms with van der Waals surface area (Å²) in [6.45, 7) is 10.1. The minimum Gasteiger partial charge on any atom is -0.444 e. The Balaban J connectivity index is 1.82. The van der Waals surface area contributed by atoms with Gasteiger partial charge < -0.3 is 15.0 Å². The molecule has 1 aliphatic heterocycles. The number of hydrogen-bond donors (Lipinski definition) is 1. The second kappa shape index (κ2) is 6.79. The minimum absolute atomic E-state index is 0.175. The van der Waals surface area contributed by atoms with Crippen LogP contribution in [0.4, 0.5) is 4.79 Å². The van der Waals surface area contributed by atoms with Crippen molar-refractivity contribution >= 4 is 6.09 Å². The average Bonchev–Trinajstić information content (AvgIpc) is 2.37. The van der Waals surface area contributed by atoms with E-state index < -0.39 is 5.60 Å². The Bertz CT molecular complexity index is 381. The third-order valence-corrected chi connectivity index (χ3v) is 4.03. The van der Waals surface area contributed by atoms with Crippen molar-refractivity contribution < 1.29 is 9.53 Å². The molecular weight excluding hydrogens is 266 g/mol. The highest BCUT2D eigenvalue weighted by Gasteiger charge is 2.27. The van der Waals surface area contributed by atoms with E-state index >= 15 is 0 Å². The molecule has 120 valence electrons. The van der Waals surface area contributed by atoms with Crippen molar-refractivity contribution in [2.45, 2.75) is 51.3 Å². The number of nitrogens with zero attached hydrogens (tertiary/aromatic N) is 2. The Morgan fingerprint density at radius 3 is 2.52 bits per heavy atom. The van der Waals surface area contributed by atoms with Gasteiger partial charge in [-0.25, -0.2) is 4.79 Å². The highest BCUT2D eigenvalue weighted by atomic mass is 16.6. The van der Waals surface area contributed by atoms with Crippen molar-refractivity contribution in [2.24, 2.45) is 0 Å². The van der Waals surface area contributed by atoms with Crippen molar-refractivity contribution in [3.05, 3.63) is 12.2 Å². The summed E-state index contributed by atoms with van der Waals surface area (Å²) in [5, 5.41) is 3.00. The zero-order valence-electron chi connectivity index (χ0n) is 13.8. The molecular formula is C16H29N3O2. The number of piperazine rings is 1. The van der Waals surface area contributed by atoms with Gasteiger partial charge in [-0.15, -0.1) is 0 Å². The predicted octanol–water partition coefficient (Wildman–Crippen LogP) is 1.85. The Morgan fingerprint density at radius 2 is 1.90 bits per heavy atom. The molecule has 1 saturated heterocycles. The van der Waals surface area contributed by atoms with Gasteiger partial charge in [-0.3, -0.25) is 4.90 Å². The molecule has 21 heavy (non-hydrogen) atoms. The van der Waals surface area contributed by atoms with Crippen LogP contribution in [0, 0.1) is 0 Å². The molecule has 1 fully saturated rings. The Hall–Kier alpha value is -1.07. The molecule has 0 spiro atoms. The second-order valence-electron chi connectivity index (χ2n) is 7.15. The molecule has 2 atom stereocenters. The second-order valence-corrected chi connectivity index (χ2v) is 7.15. The van der Waals surface area contributed by atoms with Crippen LogP contribution in [0.15, 0.2) is 12.2 Å². The average molecular weight is 295 g/mol. The third-order valence-electron chi connectivity index (χ3n) is 4.03. The number of alkyl carbamates (subject to hydrolysis) is 1. The van der Waals surface area contributed by atoms with Gasteiger partial charge in [0.25, 0.3) is 0 Å². The molecule has 0 radical (unpaired) electrons. The summed E-state index contributed by atoms with van der Waals surface area (Å²) < 4.78 is 5.34. The van der Waals surface area contributed by atoms with Gasteiger partial charge in [0, 0.05) is 38.3 Å². The first kappa shape index (κ1) is 16.3. The number of hydrogen-bond acceptors (Lipinski definition) is 4. The maximum Gasteiger partial charge on any atom is 0.407 e. The highest BCUT2D eigenvalue weighted by molar-refractivity contribution is 5.68. The van der Waals surface area contributed by atoms with Gasteiger partial charge in [0.05, 0.1) is 0 Å². The first-order valence-corrected chi connectivity index (χ1v) is 7.92. The zero-order valence-corrected chi connectivity index (χ0v) is 13.8. The van der Waals surface area contributed by atoms with Crippen LogP contribution >= 0.6 is 0 Å². The van der Waals surface area contributed by atoms with Gasteiger partial charge in [-0.05, 0) is 40.7 Å². The summed E-state index contributed by atoms with van der Waals surface area (Å²) in [5.74, 6) is 0. The van der Waals surface area contributed by atoms with Crippen LogP contribution in [-0.2, 0) is 4.74 Å². The smallest absolute Gasteiger partial charge is 0.407 e. The molecule has 1 N–H and O–H groups in total. The standard InChI is InChI=1S/C16H29N3O2/c1-16(2,3)21-15(20)17-13-6-5-7-14(12-13)19-10-8-18(4)9-11-19/h5,7,13-14H,6,8-12H2,1-4H3,(H,17,20)/t13-,14+/m0/s1. The topological polar surface area (TPSA) is 44.8 Å². The molecule has 2 aliphatic rings. The van der Waals surface area contributed by atoms with E-state index in [4.69, 9.17) is 4.74 Å². The number of carbonyl (C=O) groups excluding carboxylic acids is 1. The SMILES string of the molecule is CN1CCN([C@@H]2C=CC[C@H](NC(=O)OC(C)(C)C)C2)CC1. The first-order valence-electron chi connectivity index (χ1n) is 7.92. The van der Waals surface area contributed by atoms with Crippen LogP contribution in [-0.4, -0.2) is 66.8 Å². The van der Waals surface area contributed by atoms with E-state index in [2.05, 4.69) is 34.3 Å². The minimum atomic E-state index is -0.439. The molecule has 0 aromatic rings. The van der Waals surface area contributed by atoms with Gasteiger partial charge >= 0.3 is 6.09 Å². The Labute approximate surface area is 128 Å². The molecule has 0 saturated carbocycles. The zero-order chi connectivity index (χ0) is 15.5. The van der Waals surface area contributed by atoms with Gasteiger partial charge in [0.15, 0.2) is 0 Å². The molecule has 1 amide bonds. The lowest BCUT2D eigenvalue weighted by atomic mass is 9.96. The normalized spacial score (nSPS) is 28.4. The predicted molar refractivity (Wildman–Crippen MR) is 84.4 cm³/mol. The van der Waals surface area contributed by atoms with Crippen molar-refractivity contribution in [1.82, 2.24) is 15.1 Å². The highest BCUT2D eigenvalue weighted by Crippen LogP contribution is 2.19. The number of amides is 1. The monoisotopic (exact) mass is 295 g/mol. The van der Waals surface area contributed by atoms with Crippen LogP contribution in [0.5, 0.6) is 0 Å². The largest absolute Gasteiger partial charge is 0.444 e. The van der Waals surface area contributed by atoms with E-state index in [0.717, 1.165) is 39.0 Å². The summed E-state index contributed by atoms with van der Waals surface area (Å²) in [4.78, 5) is 16.7. The molecule has 2 rings (SSSR count). The molecule has 5 nitrogen and oxygen atoms in total. The van der Waals surface area contributed by atoms with Crippen LogP contribution in [0.2, 0.25) is 0 Å². The van der Waals surface area contributed by atoms with Crippen molar-refractivity contribution in [2.75, 3.05) is 33.2 Å². The number of rotatable bonds is 2. The van der Waals surface area contributed by atoms with Crippen LogP contribution < -0.4 is 5.32 Å². The van der Waals surface area contributed by atoms with Crippen molar-refractivity contribution in [3.8, 4) is 0 Å². The number of carbonyl (C=O) groups is 1. The third kappa shape index (κ3) is 5.32. The molecule has 5 heteroatoms. The van der Waals surface area contributed by atoms with Gasteiger partial charge in [-0.1, -0.05) is 12.2 Å². The molecule has 1 heterocycles. The van der Waals surface area contributed by atoms with Crippen molar-refractivity contribution in [3.63, 3.8) is 0 Å². The Kier molecular flexibility index (Phi) is 5.27. The lowest BCUT2D eigenvalue weighted by Crippen LogP contribution is -2.51. The summed E-state index contributed by atoms with van der Waals surface area (Å²) in [5.41, 5.74) is -0.439. The lowest BCUT2D eigenvalue weighted by Gasteiger charge is -2.39. The van der Waals surface area contributed by atoms with Gasteiger partial charge in [0.2, 0.25) is 0 Å². The molecule has 0 unspecified atom stereocenters. The Morgan fingerprint density at radius 1 is 1.24 bits per heavy atom. The number of ether oxygens (including phenoxy) is 1. The van der Waals surface area contributed by atoms with Crippen LogP contribution in [0.25, 0.3) is 0 Å². The van der Waals surface area contributed by atoms with Gasteiger partial charge in [-0.2, -0.15) is 0 Å². The van der Waals surface area contributed by atoms with E-state index in [0.29, 0.717) is 6.04 Å². The van der Waals surface area contributed by atoms with E-state index in [1.54, 1.807) is 0 Å². The summed E-state index contributed by atoms with van der Waals surface area (Å²) in [7, 11) is 2.17. The van der Waals surface area contributed by atoms with Crippen molar-refractivity contribution in [1.29, 1.82) is 0 Å². The van der Waals surface area contributed by atoms with E-state index in [-0.39, 0.29) is 12.1 Å². The fraction of sp³-hybridized carbons (Fsp3) is 0.812. The fourth-order valence-corrected chi connectivity index (χ4v) is 2.88. The first-order chi connectivity index (χ1) is 9.83. The van der Waals surface area contributed by atoms with Crippen LogP contribution in [0.1, 0.15) is 33.6 Å². The molecule has 0 aromatic heterocycles. The molecule has 1 aliphatic carbocycles. The fourth-order valence-electron chi connectivity index (χ4n) is 2.88. The maximum absolute atomic E-state index is 11.9. The summed E-state index contributed by atoms with van der Waals surface area (Å²) in [6.07, 6.45) is 6.04. The number of nitrogens with one attached hydrogen (secondary N) is 1. The maximum atomic E-state index is 11.9. The molecule has 0 aromatic carbocycles. The quantitative estimate of drug-likeness (QED) is 0.790. The van der Waals surface area contributed by atoms with Gasteiger partial charge in [0.1, 0.15) is 5.60 Å². The van der Waals surface area contributed by atoms with E-state index in [1.165, 1.54) is 0 Å².